The highest BCUT2D eigenvalue weighted by Crippen LogP contribution is 2.49. The van der Waals surface area contributed by atoms with E-state index in [1.54, 1.807) is 0 Å². The summed E-state index contributed by atoms with van der Waals surface area (Å²) in [5.41, 5.74) is -3.12. The number of ketones is 1. The molecule has 0 amide bonds. The first-order valence-corrected chi connectivity index (χ1v) is 10.0. The van der Waals surface area contributed by atoms with Gasteiger partial charge in [0.2, 0.25) is 0 Å². The van der Waals surface area contributed by atoms with Crippen molar-refractivity contribution in [1.82, 2.24) is 0 Å². The van der Waals surface area contributed by atoms with Crippen molar-refractivity contribution >= 4 is 5.78 Å². The van der Waals surface area contributed by atoms with Gasteiger partial charge in [-0.15, -0.1) is 0 Å². The number of Topliss-reactive ketones (excluding diaryl/α,β-unsaturated/α-hetero) is 1. The molecule has 0 rings (SSSR count). The molecule has 0 fully saturated rings. The SMILES string of the molecule is C.C.CC(C)(C(F)(F)F)C(F)(F)F.CC(C)(C)C.CC(C)=O.CCC.CCC.CCF.CF. The summed E-state index contributed by atoms with van der Waals surface area (Å²) in [5, 5.41) is 0. The van der Waals surface area contributed by atoms with Gasteiger partial charge in [-0.3, -0.25) is 8.78 Å². The van der Waals surface area contributed by atoms with E-state index in [0.29, 0.717) is 12.6 Å². The molecule has 0 bridgehead atoms. The van der Waals surface area contributed by atoms with Crippen LogP contribution < -0.4 is 0 Å². The van der Waals surface area contributed by atoms with Crippen LogP contribution in [0.1, 0.15) is 118 Å². The lowest BCUT2D eigenvalue weighted by Crippen LogP contribution is -2.44. The van der Waals surface area contributed by atoms with E-state index in [2.05, 4.69) is 55.4 Å². The average Bonchev–Trinajstić information content (AvgIpc) is 2.47. The van der Waals surface area contributed by atoms with Crippen molar-refractivity contribution in [3.05, 3.63) is 0 Å². The van der Waals surface area contributed by atoms with E-state index >= 15 is 0 Å². The minimum Gasteiger partial charge on any atom is -0.300 e. The summed E-state index contributed by atoms with van der Waals surface area (Å²) in [6, 6.07) is 0. The van der Waals surface area contributed by atoms with E-state index in [1.807, 2.05) is 0 Å². The third kappa shape index (κ3) is 90.1. The molecule has 214 valence electrons. The number of rotatable bonds is 0. The molecule has 0 atom stereocenters. The predicted octanol–water partition coefficient (Wildman–Crippen LogP) is 11.5. The predicted molar refractivity (Wildman–Crippen MR) is 131 cm³/mol. The van der Waals surface area contributed by atoms with E-state index in [1.165, 1.54) is 33.6 Å². The standard InChI is InChI=1S/C5H6F6.C5H12.C3H6O.2C3H8.C2H5F.CH3F.2CH4/c1-3(2,4(6,7)8)5(9,10)11;1-5(2,3)4;1-3(2)4;2*1-3-2;1-2-3;1-2;;/h1-2H3;1-4H3;1-2H3;2*3H2,1-2H3;2H2,1H3;1H3;2*1H4. The minimum atomic E-state index is -5.24. The number of hydrogen-bond acceptors (Lipinski definition) is 1. The van der Waals surface area contributed by atoms with Crippen LogP contribution in [0.15, 0.2) is 0 Å². The molecule has 0 N–H and O–H groups in total. The Hall–Kier alpha value is -0.890. The van der Waals surface area contributed by atoms with E-state index in [0.717, 1.165) is 0 Å². The lowest BCUT2D eigenvalue weighted by molar-refractivity contribution is -0.327. The Morgan fingerprint density at radius 2 is 0.667 bits per heavy atom. The van der Waals surface area contributed by atoms with Crippen molar-refractivity contribution in [3.63, 3.8) is 0 Å². The normalized spacial score (nSPS) is 9.52. The molecule has 0 radical (unpaired) electrons. The maximum atomic E-state index is 11.6. The van der Waals surface area contributed by atoms with Crippen molar-refractivity contribution in [2.75, 3.05) is 13.9 Å². The summed E-state index contributed by atoms with van der Waals surface area (Å²) in [5.74, 6) is 0.167. The third-order valence-electron chi connectivity index (χ3n) is 1.42. The quantitative estimate of drug-likeness (QED) is 0.295. The molecule has 33 heavy (non-hydrogen) atoms. The summed E-state index contributed by atoms with van der Waals surface area (Å²) in [7, 11) is 0.500. The highest BCUT2D eigenvalue weighted by atomic mass is 19.4. The van der Waals surface area contributed by atoms with Gasteiger partial charge >= 0.3 is 12.4 Å². The number of hydrogen-bond donors (Lipinski definition) is 0. The first-order chi connectivity index (χ1) is 13.5. The van der Waals surface area contributed by atoms with Crippen LogP contribution in [0.2, 0.25) is 0 Å². The van der Waals surface area contributed by atoms with Gasteiger partial charge in [0, 0.05) is 0 Å². The number of carbonyl (C=O) groups excluding carboxylic acids is 1. The van der Waals surface area contributed by atoms with E-state index < -0.39 is 17.8 Å². The van der Waals surface area contributed by atoms with Crippen molar-refractivity contribution in [2.24, 2.45) is 10.8 Å². The van der Waals surface area contributed by atoms with Gasteiger partial charge < -0.3 is 4.79 Å². The molecule has 0 aromatic carbocycles. The highest BCUT2D eigenvalue weighted by molar-refractivity contribution is 5.72. The fourth-order valence-corrected chi connectivity index (χ4v) is 0.161. The van der Waals surface area contributed by atoms with Crippen LogP contribution in [0, 0.1) is 10.8 Å². The molecule has 0 heterocycles. The van der Waals surface area contributed by atoms with Crippen LogP contribution in [0.3, 0.4) is 0 Å². The van der Waals surface area contributed by atoms with E-state index in [-0.39, 0.29) is 41.2 Å². The molecule has 0 saturated heterocycles. The molecule has 0 saturated carbocycles. The number of halogens is 8. The summed E-state index contributed by atoms with van der Waals surface area (Å²) in [6.07, 6.45) is -7.99. The smallest absolute Gasteiger partial charge is 0.300 e. The zero-order chi connectivity index (χ0) is 27.7. The van der Waals surface area contributed by atoms with Gasteiger partial charge in [0.05, 0.1) is 13.9 Å². The van der Waals surface area contributed by atoms with Crippen LogP contribution in [-0.2, 0) is 4.79 Å². The molecular weight excluding hydrogens is 456 g/mol. The van der Waals surface area contributed by atoms with Gasteiger partial charge in [-0.2, -0.15) is 26.3 Å². The number of alkyl halides is 8. The Bertz CT molecular complexity index is 298. The van der Waals surface area contributed by atoms with Gasteiger partial charge in [-0.05, 0) is 40.0 Å². The summed E-state index contributed by atoms with van der Waals surface area (Å²) >= 11 is 0. The third-order valence-corrected chi connectivity index (χ3v) is 1.42. The lowest BCUT2D eigenvalue weighted by atomic mass is 9.92. The maximum Gasteiger partial charge on any atom is 0.402 e. The molecule has 0 aliphatic carbocycles. The van der Waals surface area contributed by atoms with Gasteiger partial charge in [-0.1, -0.05) is 83.1 Å². The highest BCUT2D eigenvalue weighted by Gasteiger charge is 2.64. The van der Waals surface area contributed by atoms with Gasteiger partial charge in [0.25, 0.3) is 0 Å². The zero-order valence-corrected chi connectivity index (χ0v) is 22.1. The molecule has 9 heteroatoms. The largest absolute Gasteiger partial charge is 0.402 e. The van der Waals surface area contributed by atoms with Crippen molar-refractivity contribution < 1.29 is 39.9 Å². The van der Waals surface area contributed by atoms with Crippen LogP contribution >= 0.6 is 0 Å². The Balaban J connectivity index is -0.0000000320. The Labute approximate surface area is 201 Å². The van der Waals surface area contributed by atoms with Crippen molar-refractivity contribution in [1.29, 1.82) is 0 Å². The van der Waals surface area contributed by atoms with Crippen molar-refractivity contribution in [2.45, 2.75) is 130 Å². The molecule has 0 spiro atoms. The second-order valence-corrected chi connectivity index (χ2v) is 8.21. The van der Waals surface area contributed by atoms with E-state index in [9.17, 15) is 39.9 Å². The van der Waals surface area contributed by atoms with Gasteiger partial charge in [0.15, 0.2) is 5.41 Å². The molecule has 0 aliphatic heterocycles. The summed E-state index contributed by atoms with van der Waals surface area (Å²) in [4.78, 5) is 9.44. The Morgan fingerprint density at radius 3 is 0.667 bits per heavy atom. The molecule has 0 aromatic heterocycles. The minimum absolute atomic E-state index is 0. The molecule has 0 aromatic rings. The molecule has 1 nitrogen and oxygen atoms in total. The van der Waals surface area contributed by atoms with Crippen LogP contribution in [-0.4, -0.2) is 32.0 Å². The van der Waals surface area contributed by atoms with Crippen LogP contribution in [0.4, 0.5) is 35.1 Å². The Kier molecular flexibility index (Phi) is 58.7. The van der Waals surface area contributed by atoms with Gasteiger partial charge in [-0.25, -0.2) is 0 Å². The van der Waals surface area contributed by atoms with Crippen LogP contribution in [0.5, 0.6) is 0 Å². The average molecular weight is 513 g/mol. The summed E-state index contributed by atoms with van der Waals surface area (Å²) < 4.78 is 89.4. The second-order valence-electron chi connectivity index (χ2n) is 8.21. The first kappa shape index (κ1) is 58.2. The second kappa shape index (κ2) is 33.3. The van der Waals surface area contributed by atoms with Crippen molar-refractivity contribution in [3.8, 4) is 0 Å². The fraction of sp³-hybridized carbons (Fsp3) is 0.958. The van der Waals surface area contributed by atoms with E-state index in [4.69, 9.17) is 0 Å². The van der Waals surface area contributed by atoms with Gasteiger partial charge in [0.1, 0.15) is 5.78 Å². The van der Waals surface area contributed by atoms with Crippen LogP contribution in [0.25, 0.3) is 0 Å². The molecule has 0 aliphatic rings. The number of carbonyl (C=O) groups is 1. The first-order valence-electron chi connectivity index (χ1n) is 10.0. The molecular formula is C24H56F8O. The topological polar surface area (TPSA) is 17.1 Å². The zero-order valence-electron chi connectivity index (χ0n) is 22.1. The fourth-order valence-electron chi connectivity index (χ4n) is 0.161. The Morgan fingerprint density at radius 1 is 0.606 bits per heavy atom. The monoisotopic (exact) mass is 512 g/mol. The molecule has 0 unspecified atom stereocenters. The summed E-state index contributed by atoms with van der Waals surface area (Å²) in [6.45, 7) is 21.7. The maximum absolute atomic E-state index is 11.6. The lowest BCUT2D eigenvalue weighted by Gasteiger charge is -2.29.